The number of hydrogen-bond acceptors (Lipinski definition) is 5. The summed E-state index contributed by atoms with van der Waals surface area (Å²) in [6.07, 6.45) is 3.39. The summed E-state index contributed by atoms with van der Waals surface area (Å²) in [4.78, 5) is 11.6. The predicted octanol–water partition coefficient (Wildman–Crippen LogP) is -0.310. The number of carboxylic acids is 1. The van der Waals surface area contributed by atoms with E-state index < -0.39 is 28.4 Å². The van der Waals surface area contributed by atoms with Crippen LogP contribution in [0, 0.1) is 17.8 Å². The van der Waals surface area contributed by atoms with E-state index in [0.29, 0.717) is 38.7 Å². The number of rotatable bonds is 6. The first-order chi connectivity index (χ1) is 10.1. The molecule has 0 radical (unpaired) electrons. The Bertz CT molecular complexity index is 541. The molecule has 0 aromatic heterocycles. The van der Waals surface area contributed by atoms with Gasteiger partial charge >= 0.3 is 5.97 Å². The van der Waals surface area contributed by atoms with E-state index in [1.807, 2.05) is 0 Å². The number of hydrogen-bond donors (Lipinski definition) is 3. The fourth-order valence-corrected chi connectivity index (χ4v) is 5.02. The van der Waals surface area contributed by atoms with Crippen molar-refractivity contribution in [2.45, 2.75) is 37.9 Å². The lowest BCUT2D eigenvalue weighted by molar-refractivity contribution is -0.145. The van der Waals surface area contributed by atoms with Gasteiger partial charge < -0.3 is 15.9 Å². The Kier molecular flexibility index (Phi) is 4.92. The lowest BCUT2D eigenvalue weighted by atomic mass is 9.65. The summed E-state index contributed by atoms with van der Waals surface area (Å²) >= 11 is 0. The standard InChI is InChI=1S/C13H25BN2O5S/c1-14(19)5-3-4-11-10-8-16(22(2,20)21)7-9(10)6-13(11,15)12(17)18/h9-11,19H,3-8,15H2,1-2H3,(H,17,18). The minimum Gasteiger partial charge on any atom is -0.480 e. The molecule has 126 valence electrons. The van der Waals surface area contributed by atoms with Gasteiger partial charge in [0.05, 0.1) is 6.26 Å². The summed E-state index contributed by atoms with van der Waals surface area (Å²) in [6.45, 7) is 1.99. The third-order valence-corrected chi connectivity index (χ3v) is 6.48. The van der Waals surface area contributed by atoms with Gasteiger partial charge in [0.25, 0.3) is 6.92 Å². The van der Waals surface area contributed by atoms with E-state index in [4.69, 9.17) is 5.73 Å². The molecule has 1 aliphatic heterocycles. The first-order valence-corrected chi connectivity index (χ1v) is 9.56. The second-order valence-electron chi connectivity index (χ2n) is 6.94. The van der Waals surface area contributed by atoms with Crippen molar-refractivity contribution in [3.05, 3.63) is 0 Å². The molecule has 7 nitrogen and oxygen atoms in total. The highest BCUT2D eigenvalue weighted by atomic mass is 32.2. The molecule has 0 amide bonds. The zero-order valence-corrected chi connectivity index (χ0v) is 13.9. The second-order valence-corrected chi connectivity index (χ2v) is 8.92. The first-order valence-electron chi connectivity index (χ1n) is 7.71. The molecule has 0 spiro atoms. The van der Waals surface area contributed by atoms with Crippen LogP contribution in [-0.2, 0) is 14.8 Å². The summed E-state index contributed by atoms with van der Waals surface area (Å²) in [5.41, 5.74) is 4.90. The maximum atomic E-state index is 11.7. The molecule has 2 fully saturated rings. The van der Waals surface area contributed by atoms with Crippen molar-refractivity contribution >= 4 is 22.9 Å². The van der Waals surface area contributed by atoms with Crippen LogP contribution in [0.4, 0.5) is 0 Å². The van der Waals surface area contributed by atoms with Gasteiger partial charge in [0.1, 0.15) is 5.54 Å². The summed E-state index contributed by atoms with van der Waals surface area (Å²) < 4.78 is 24.9. The highest BCUT2D eigenvalue weighted by Gasteiger charge is 2.58. The molecule has 0 aromatic carbocycles. The molecule has 1 aliphatic carbocycles. The van der Waals surface area contributed by atoms with Gasteiger partial charge in [-0.1, -0.05) is 13.2 Å². The average Bonchev–Trinajstić information content (AvgIpc) is 2.86. The molecule has 4 atom stereocenters. The van der Waals surface area contributed by atoms with Crippen molar-refractivity contribution in [2.24, 2.45) is 23.5 Å². The zero-order chi connectivity index (χ0) is 16.7. The summed E-state index contributed by atoms with van der Waals surface area (Å²) in [5.74, 6) is -1.26. The molecule has 1 heterocycles. The monoisotopic (exact) mass is 332 g/mol. The van der Waals surface area contributed by atoms with Crippen LogP contribution in [0.25, 0.3) is 0 Å². The van der Waals surface area contributed by atoms with Crippen molar-refractivity contribution in [3.63, 3.8) is 0 Å². The van der Waals surface area contributed by atoms with E-state index in [1.165, 1.54) is 10.6 Å². The van der Waals surface area contributed by atoms with Gasteiger partial charge in [-0.2, -0.15) is 0 Å². The van der Waals surface area contributed by atoms with Gasteiger partial charge in [-0.15, -0.1) is 0 Å². The van der Waals surface area contributed by atoms with E-state index in [0.717, 1.165) is 0 Å². The minimum atomic E-state index is -3.25. The van der Waals surface area contributed by atoms with E-state index >= 15 is 0 Å². The Hall–Kier alpha value is -0.635. The molecule has 2 rings (SSSR count). The molecular weight excluding hydrogens is 307 g/mol. The van der Waals surface area contributed by atoms with E-state index in [-0.39, 0.29) is 17.8 Å². The zero-order valence-electron chi connectivity index (χ0n) is 13.1. The van der Waals surface area contributed by atoms with Gasteiger partial charge in [-0.05, 0) is 36.9 Å². The number of aliphatic carboxylic acids is 1. The van der Waals surface area contributed by atoms with Crippen molar-refractivity contribution in [1.82, 2.24) is 4.31 Å². The largest absolute Gasteiger partial charge is 0.480 e. The Morgan fingerprint density at radius 3 is 2.59 bits per heavy atom. The minimum absolute atomic E-state index is 0.00683. The lowest BCUT2D eigenvalue weighted by Gasteiger charge is -2.31. The van der Waals surface area contributed by atoms with Gasteiger partial charge in [-0.3, -0.25) is 4.79 Å². The Morgan fingerprint density at radius 1 is 1.45 bits per heavy atom. The van der Waals surface area contributed by atoms with Gasteiger partial charge in [0.2, 0.25) is 10.0 Å². The summed E-state index contributed by atoms with van der Waals surface area (Å²) in [5, 5.41) is 18.9. The van der Waals surface area contributed by atoms with Crippen molar-refractivity contribution < 1.29 is 23.3 Å². The molecule has 1 saturated carbocycles. The summed E-state index contributed by atoms with van der Waals surface area (Å²) in [7, 11) is -3.25. The Morgan fingerprint density at radius 2 is 2.09 bits per heavy atom. The van der Waals surface area contributed by atoms with Crippen molar-refractivity contribution in [2.75, 3.05) is 19.3 Å². The van der Waals surface area contributed by atoms with Crippen LogP contribution in [0.3, 0.4) is 0 Å². The molecular formula is C13H25BN2O5S. The Labute approximate surface area is 132 Å². The average molecular weight is 332 g/mol. The molecule has 4 N–H and O–H groups in total. The Balaban J connectivity index is 2.15. The van der Waals surface area contributed by atoms with Crippen LogP contribution in [0.1, 0.15) is 19.3 Å². The van der Waals surface area contributed by atoms with Gasteiger partial charge in [-0.25, -0.2) is 12.7 Å². The van der Waals surface area contributed by atoms with E-state index in [2.05, 4.69) is 0 Å². The van der Waals surface area contributed by atoms with Crippen LogP contribution < -0.4 is 5.73 Å². The number of nitrogens with two attached hydrogens (primary N) is 1. The van der Waals surface area contributed by atoms with Gasteiger partial charge in [0.15, 0.2) is 0 Å². The van der Waals surface area contributed by atoms with Crippen LogP contribution in [0.15, 0.2) is 0 Å². The highest BCUT2D eigenvalue weighted by Crippen LogP contribution is 2.49. The number of sulfonamides is 1. The number of fused-ring (bicyclic) bond motifs is 1. The van der Waals surface area contributed by atoms with Crippen molar-refractivity contribution in [3.8, 4) is 0 Å². The number of carbonyl (C=O) groups is 1. The van der Waals surface area contributed by atoms with Crippen LogP contribution in [-0.4, -0.2) is 60.6 Å². The third kappa shape index (κ3) is 3.32. The third-order valence-electron chi connectivity index (χ3n) is 5.24. The fourth-order valence-electron chi connectivity index (χ4n) is 4.12. The normalized spacial score (nSPS) is 35.5. The molecule has 9 heteroatoms. The second kappa shape index (κ2) is 6.11. The molecule has 1 saturated heterocycles. The number of carboxylic acid groups (broad SMARTS) is 1. The lowest BCUT2D eigenvalue weighted by Crippen LogP contribution is -2.53. The predicted molar refractivity (Wildman–Crippen MR) is 83.9 cm³/mol. The maximum absolute atomic E-state index is 11.7. The fraction of sp³-hybridized carbons (Fsp3) is 0.923. The van der Waals surface area contributed by atoms with Gasteiger partial charge in [0, 0.05) is 13.1 Å². The first kappa shape index (κ1) is 17.7. The highest BCUT2D eigenvalue weighted by molar-refractivity contribution is 7.88. The van der Waals surface area contributed by atoms with E-state index in [9.17, 15) is 23.3 Å². The molecule has 2 aliphatic rings. The quantitative estimate of drug-likeness (QED) is 0.574. The maximum Gasteiger partial charge on any atom is 0.323 e. The molecule has 0 aromatic rings. The van der Waals surface area contributed by atoms with Crippen molar-refractivity contribution in [1.29, 1.82) is 0 Å². The topological polar surface area (TPSA) is 121 Å². The molecule has 22 heavy (non-hydrogen) atoms. The molecule has 0 bridgehead atoms. The van der Waals surface area contributed by atoms with Crippen LogP contribution in [0.2, 0.25) is 13.1 Å². The van der Waals surface area contributed by atoms with Crippen LogP contribution in [0.5, 0.6) is 0 Å². The number of nitrogens with zero attached hydrogens (tertiary/aromatic N) is 1. The molecule has 4 unspecified atom stereocenters. The van der Waals surface area contributed by atoms with E-state index in [1.54, 1.807) is 6.82 Å². The summed E-state index contributed by atoms with van der Waals surface area (Å²) in [6, 6.07) is 0. The SMILES string of the molecule is CB(O)CCCC1C2CN(S(C)(=O)=O)CC2CC1(N)C(=O)O. The van der Waals surface area contributed by atoms with Crippen LogP contribution >= 0.6 is 0 Å². The smallest absolute Gasteiger partial charge is 0.323 e.